The van der Waals surface area contributed by atoms with Crippen molar-refractivity contribution in [3.8, 4) is 0 Å². The number of carboxylic acid groups (broad SMARTS) is 2. The lowest BCUT2D eigenvalue weighted by atomic mass is 9.82. The molecule has 0 aromatic rings. The summed E-state index contributed by atoms with van der Waals surface area (Å²) in [6.45, 7) is 1.40. The van der Waals surface area contributed by atoms with Crippen LogP contribution in [0.15, 0.2) is 33.8 Å². The number of amides is 3. The number of ether oxygens (including phenoxy) is 2. The van der Waals surface area contributed by atoms with Crippen LogP contribution < -0.4 is 21.7 Å². The Labute approximate surface area is 265 Å². The van der Waals surface area contributed by atoms with Crippen molar-refractivity contribution in [3.05, 3.63) is 33.8 Å². The molecule has 5 heterocycles. The molecular formula is C28H32N6O11S. The summed E-state index contributed by atoms with van der Waals surface area (Å²) in [6, 6.07) is -1.16. The molecule has 0 aromatic carbocycles. The van der Waals surface area contributed by atoms with Gasteiger partial charge in [0.15, 0.2) is 5.72 Å². The van der Waals surface area contributed by atoms with Gasteiger partial charge in [-0.2, -0.15) is 0 Å². The van der Waals surface area contributed by atoms with Crippen molar-refractivity contribution in [1.29, 1.82) is 0 Å². The third-order valence-electron chi connectivity index (χ3n) is 9.27. The molecule has 0 radical (unpaired) electrons. The van der Waals surface area contributed by atoms with Crippen molar-refractivity contribution in [1.82, 2.24) is 25.8 Å². The molecule has 17 nitrogen and oxygen atoms in total. The van der Waals surface area contributed by atoms with Gasteiger partial charge < -0.3 is 46.3 Å². The minimum absolute atomic E-state index is 0.0276. The number of aliphatic carboxylic acids is 2. The lowest BCUT2D eigenvalue weighted by molar-refractivity contribution is -0.150. The number of piperazine rings is 1. The molecule has 6 rings (SSSR count). The van der Waals surface area contributed by atoms with E-state index in [1.807, 2.05) is 0 Å². The van der Waals surface area contributed by atoms with Gasteiger partial charge in [0.1, 0.15) is 23.7 Å². The fourth-order valence-corrected chi connectivity index (χ4v) is 8.51. The number of primary amides is 1. The first-order chi connectivity index (χ1) is 21.8. The van der Waals surface area contributed by atoms with Crippen LogP contribution in [0.25, 0.3) is 0 Å². The van der Waals surface area contributed by atoms with Crippen LogP contribution in [0.4, 0.5) is 4.79 Å². The Kier molecular flexibility index (Phi) is 7.84. The van der Waals surface area contributed by atoms with Crippen molar-refractivity contribution in [2.45, 2.75) is 55.4 Å². The van der Waals surface area contributed by atoms with Gasteiger partial charge in [-0.25, -0.2) is 9.59 Å². The summed E-state index contributed by atoms with van der Waals surface area (Å²) in [5, 5.41) is 26.9. The van der Waals surface area contributed by atoms with E-state index in [9.17, 15) is 38.7 Å². The number of rotatable bonds is 12. The SMILES string of the molecule is CO[C@@]12[C@H](COC(N)=O)C3=C(C(=O)C(C)=C(NCC4=C(C(=O)O)N5C(=O)C(NC(=O)CCCC(=O)O)C5SC4)C3=O)N1C[C@@H]1N[C@@H]12. The number of hydrogen-bond acceptors (Lipinski definition) is 13. The van der Waals surface area contributed by atoms with Gasteiger partial charge in [-0.05, 0) is 18.9 Å². The number of carbonyl (C=O) groups excluding carboxylic acids is 5. The highest BCUT2D eigenvalue weighted by atomic mass is 32.2. The highest BCUT2D eigenvalue weighted by molar-refractivity contribution is 8.00. The molecule has 6 atom stereocenters. The summed E-state index contributed by atoms with van der Waals surface area (Å²) >= 11 is 1.22. The van der Waals surface area contributed by atoms with E-state index in [-0.39, 0.29) is 84.1 Å². The topological polar surface area (TPSA) is 257 Å². The van der Waals surface area contributed by atoms with Gasteiger partial charge >= 0.3 is 18.0 Å². The Morgan fingerprint density at radius 3 is 2.54 bits per heavy atom. The van der Waals surface area contributed by atoms with Crippen molar-refractivity contribution < 1.29 is 53.2 Å². The summed E-state index contributed by atoms with van der Waals surface area (Å²) in [6.07, 6.45) is -1.25. The number of hydrogen-bond donors (Lipinski definition) is 6. The lowest BCUT2D eigenvalue weighted by Crippen LogP contribution is -2.70. The number of Topliss-reactive ketones (excluding diaryl/α,β-unsaturated/α-hetero) is 2. The molecule has 7 N–H and O–H groups in total. The highest BCUT2D eigenvalue weighted by Crippen LogP contribution is 2.55. The zero-order valence-electron chi connectivity index (χ0n) is 24.8. The molecule has 0 saturated carbocycles. The van der Waals surface area contributed by atoms with Crippen LogP contribution in [0.3, 0.4) is 0 Å². The normalized spacial score (nSPS) is 30.8. The smallest absolute Gasteiger partial charge is 0.404 e. The summed E-state index contributed by atoms with van der Waals surface area (Å²) in [5.41, 5.74) is 4.43. The first-order valence-electron chi connectivity index (χ1n) is 14.5. The van der Waals surface area contributed by atoms with E-state index in [0.717, 1.165) is 4.90 Å². The number of methoxy groups -OCH3 is 1. The fraction of sp³-hybridized carbons (Fsp3) is 0.536. The summed E-state index contributed by atoms with van der Waals surface area (Å²) in [5.74, 6) is -5.23. The molecule has 0 aromatic heterocycles. The number of carbonyl (C=O) groups is 7. The van der Waals surface area contributed by atoms with E-state index < -0.39 is 64.5 Å². The van der Waals surface area contributed by atoms with Crippen LogP contribution in [0.5, 0.6) is 0 Å². The van der Waals surface area contributed by atoms with Gasteiger partial charge in [0, 0.05) is 56.0 Å². The third kappa shape index (κ3) is 4.73. The number of nitrogens with one attached hydrogen (secondary N) is 3. The Morgan fingerprint density at radius 1 is 1.15 bits per heavy atom. The minimum atomic E-state index is -1.38. The Hall–Kier alpha value is -4.42. The molecule has 3 saturated heterocycles. The zero-order valence-corrected chi connectivity index (χ0v) is 25.6. The van der Waals surface area contributed by atoms with E-state index >= 15 is 0 Å². The first-order valence-corrected chi connectivity index (χ1v) is 15.6. The molecule has 6 aliphatic rings. The molecule has 1 aliphatic carbocycles. The van der Waals surface area contributed by atoms with Gasteiger partial charge in [-0.15, -0.1) is 11.8 Å². The second-order valence-corrected chi connectivity index (χ2v) is 12.8. The van der Waals surface area contributed by atoms with E-state index in [0.29, 0.717) is 6.54 Å². The number of fused-ring (bicyclic) bond motifs is 5. The summed E-state index contributed by atoms with van der Waals surface area (Å²) in [4.78, 5) is 90.5. The van der Waals surface area contributed by atoms with Crippen molar-refractivity contribution in [2.24, 2.45) is 11.7 Å². The molecule has 2 unspecified atom stereocenters. The Bertz CT molecular complexity index is 1590. The van der Waals surface area contributed by atoms with Crippen LogP contribution in [-0.2, 0) is 38.2 Å². The summed E-state index contributed by atoms with van der Waals surface area (Å²) < 4.78 is 11.1. The van der Waals surface area contributed by atoms with E-state index in [2.05, 4.69) is 16.0 Å². The van der Waals surface area contributed by atoms with Crippen LogP contribution in [0.2, 0.25) is 0 Å². The predicted octanol–water partition coefficient (Wildman–Crippen LogP) is -2.03. The van der Waals surface area contributed by atoms with Crippen LogP contribution >= 0.6 is 11.8 Å². The molecule has 3 fully saturated rings. The van der Waals surface area contributed by atoms with E-state index in [4.69, 9.17) is 20.3 Å². The number of carboxylic acids is 2. The predicted molar refractivity (Wildman–Crippen MR) is 155 cm³/mol. The van der Waals surface area contributed by atoms with Crippen molar-refractivity contribution in [2.75, 3.05) is 32.6 Å². The summed E-state index contributed by atoms with van der Waals surface area (Å²) in [7, 11) is 1.46. The fourth-order valence-electron chi connectivity index (χ4n) is 7.16. The van der Waals surface area contributed by atoms with Crippen LogP contribution in [0, 0.1) is 5.92 Å². The van der Waals surface area contributed by atoms with E-state index in [1.54, 1.807) is 4.90 Å². The molecule has 18 heteroatoms. The number of thioether (sulfide) groups is 1. The van der Waals surface area contributed by atoms with Crippen molar-refractivity contribution >= 4 is 53.2 Å². The molecule has 3 amide bonds. The maximum Gasteiger partial charge on any atom is 0.404 e. The third-order valence-corrected chi connectivity index (χ3v) is 10.6. The monoisotopic (exact) mass is 660 g/mol. The van der Waals surface area contributed by atoms with Gasteiger partial charge in [0.2, 0.25) is 17.5 Å². The second kappa shape index (κ2) is 11.4. The van der Waals surface area contributed by atoms with Gasteiger partial charge in [-0.1, -0.05) is 0 Å². The zero-order chi connectivity index (χ0) is 33.2. The lowest BCUT2D eigenvalue weighted by Gasteiger charge is -2.49. The van der Waals surface area contributed by atoms with E-state index in [1.165, 1.54) is 25.8 Å². The average Bonchev–Trinajstić information content (AvgIpc) is 3.62. The van der Waals surface area contributed by atoms with Crippen LogP contribution in [-0.4, -0.2) is 123 Å². The van der Waals surface area contributed by atoms with Crippen LogP contribution in [0.1, 0.15) is 26.2 Å². The maximum atomic E-state index is 14.1. The molecule has 46 heavy (non-hydrogen) atoms. The highest BCUT2D eigenvalue weighted by Gasteiger charge is 2.72. The number of allylic oxidation sites excluding steroid dienone is 2. The van der Waals surface area contributed by atoms with Gasteiger partial charge in [0.05, 0.1) is 23.4 Å². The maximum absolute atomic E-state index is 14.1. The van der Waals surface area contributed by atoms with Gasteiger partial charge in [0.25, 0.3) is 5.91 Å². The molecule has 5 aliphatic heterocycles. The number of nitrogens with two attached hydrogens (primary N) is 1. The number of β-lactam (4-membered cyclic amide) rings is 1. The Balaban J connectivity index is 1.20. The molecular weight excluding hydrogens is 628 g/mol. The first kappa shape index (κ1) is 31.6. The Morgan fingerprint density at radius 2 is 1.89 bits per heavy atom. The second-order valence-electron chi connectivity index (χ2n) is 11.7. The standard InChI is InChI=1S/C28H32N6O11S/c1-10-17(22(39)16-12(8-45-27(29)43)28(44-2)23-13(31-23)7-33(28)20(16)21(10)38)30-6-11-9-46-25-18(24(40)34(25)19(11)26(41)42)32-14(35)4-3-5-15(36)37/h12-13,18,23,25,30-31H,3-9H2,1-2H3,(H2,29,43)(H,32,35)(H,36,37)(H,41,42)/t12-,13+,18?,23+,25?,28-/m1/s1. The average molecular weight is 661 g/mol. The van der Waals surface area contributed by atoms with Gasteiger partial charge in [-0.3, -0.25) is 28.9 Å². The number of nitrogens with zero attached hydrogens (tertiary/aromatic N) is 2. The largest absolute Gasteiger partial charge is 0.481 e. The molecule has 246 valence electrons. The quantitative estimate of drug-likeness (QED) is 0.0750. The minimum Gasteiger partial charge on any atom is -0.481 e. The molecule has 0 spiro atoms. The van der Waals surface area contributed by atoms with Crippen molar-refractivity contribution in [3.63, 3.8) is 0 Å². The molecule has 0 bridgehead atoms. The number of ketones is 2.